The molecule has 0 atom stereocenters. The van der Waals surface area contributed by atoms with Crippen molar-refractivity contribution in [1.82, 2.24) is 8.97 Å². The number of nitrogens with zero attached hydrogens (tertiary/aromatic N) is 6. The van der Waals surface area contributed by atoms with Crippen LogP contribution in [0.4, 0.5) is 45.5 Å². The molecule has 312 valence electrons. The van der Waals surface area contributed by atoms with Crippen LogP contribution in [-0.4, -0.2) is 63.5 Å². The molecule has 0 radical (unpaired) electrons. The van der Waals surface area contributed by atoms with Crippen molar-refractivity contribution in [2.75, 3.05) is 56.0 Å². The SMILES string of the molecule is C[N+]1(C)C(/C=C/C=C/C=C2/N(CC(=O)N3c4ccccc4Sc4ccc(Cl)cc43)c3ccccc3[N+]2(C)C)=[N+](CC(=O)N2c3ccccc3Sc3ccc(Cl)cc32)c2ccccc21. The third kappa shape index (κ3) is 7.11. The van der Waals surface area contributed by atoms with Gasteiger partial charge >= 0.3 is 5.84 Å². The average Bonchev–Trinajstić information content (AvgIpc) is 3.62. The Bertz CT molecular complexity index is 3030. The van der Waals surface area contributed by atoms with Gasteiger partial charge in [-0.1, -0.05) is 107 Å². The molecule has 0 N–H and O–H groups in total. The first kappa shape index (κ1) is 41.2. The number of hydrogen-bond acceptors (Lipinski definition) is 5. The molecule has 0 fully saturated rings. The molecule has 0 unspecified atom stereocenters. The Morgan fingerprint density at radius 2 is 1.10 bits per heavy atom. The fraction of sp³-hybridized carbons (Fsp3) is 0.118. The highest BCUT2D eigenvalue weighted by Gasteiger charge is 2.48. The summed E-state index contributed by atoms with van der Waals surface area (Å²) in [7, 11) is 8.58. The Kier molecular flexibility index (Phi) is 10.5. The number of fused-ring (bicyclic) bond motifs is 6. The number of allylic oxidation sites excluding steroid dienone is 4. The Balaban J connectivity index is 0.976. The lowest BCUT2D eigenvalue weighted by molar-refractivity contribution is -0.425. The minimum atomic E-state index is -0.0667. The summed E-state index contributed by atoms with van der Waals surface area (Å²) in [6.45, 7) is 0.224. The zero-order valence-corrected chi connectivity index (χ0v) is 38.2. The number of likely N-dealkylation sites (N-methyl/N-ethyl adjacent to an activating group) is 1. The monoisotopic (exact) mass is 905 g/mol. The minimum absolute atomic E-state index is 0.0667. The molecule has 8 nitrogen and oxygen atoms in total. The largest absolute Gasteiger partial charge is 0.374 e. The molecule has 12 heteroatoms. The Morgan fingerprint density at radius 3 is 1.73 bits per heavy atom. The van der Waals surface area contributed by atoms with E-state index in [4.69, 9.17) is 23.2 Å². The van der Waals surface area contributed by atoms with Crippen LogP contribution in [0.3, 0.4) is 0 Å². The number of halogens is 2. The van der Waals surface area contributed by atoms with E-state index in [1.54, 1.807) is 23.5 Å². The quantitative estimate of drug-likeness (QED) is 0.0907. The summed E-state index contributed by atoms with van der Waals surface area (Å²) >= 11 is 16.3. The van der Waals surface area contributed by atoms with Crippen LogP contribution in [0.1, 0.15) is 0 Å². The first-order valence-electron chi connectivity index (χ1n) is 20.6. The summed E-state index contributed by atoms with van der Waals surface area (Å²) in [6.07, 6.45) is 10.2. The summed E-state index contributed by atoms with van der Waals surface area (Å²) in [4.78, 5) is 39.2. The van der Waals surface area contributed by atoms with Gasteiger partial charge in [-0.05, 0) is 72.8 Å². The van der Waals surface area contributed by atoms with Gasteiger partial charge in [0.15, 0.2) is 5.69 Å². The Morgan fingerprint density at radius 1 is 0.571 bits per heavy atom. The smallest absolute Gasteiger partial charge is 0.282 e. The lowest BCUT2D eigenvalue weighted by Gasteiger charge is -2.33. The molecule has 0 aliphatic carbocycles. The second kappa shape index (κ2) is 16.1. The molecule has 6 aromatic carbocycles. The van der Waals surface area contributed by atoms with E-state index in [9.17, 15) is 9.59 Å². The molecule has 0 bridgehead atoms. The molecule has 63 heavy (non-hydrogen) atoms. The van der Waals surface area contributed by atoms with Gasteiger partial charge in [-0.25, -0.2) is 8.97 Å². The third-order valence-electron chi connectivity index (χ3n) is 12.0. The van der Waals surface area contributed by atoms with Gasteiger partial charge < -0.3 is 0 Å². The van der Waals surface area contributed by atoms with E-state index in [1.807, 2.05) is 125 Å². The summed E-state index contributed by atoms with van der Waals surface area (Å²) < 4.78 is 3.02. The number of rotatable bonds is 7. The van der Waals surface area contributed by atoms with Crippen LogP contribution < -0.4 is 23.7 Å². The molecule has 6 aromatic rings. The van der Waals surface area contributed by atoms with Gasteiger partial charge in [-0.15, -0.1) is 4.58 Å². The van der Waals surface area contributed by atoms with Crippen LogP contribution >= 0.6 is 46.7 Å². The lowest BCUT2D eigenvalue weighted by Crippen LogP contribution is -2.46. The highest BCUT2D eigenvalue weighted by molar-refractivity contribution is 8.00. The maximum absolute atomic E-state index is 14.7. The number of amidine groups is 1. The molecule has 4 heterocycles. The number of carbonyl (C=O) groups is 2. The molecule has 4 aliphatic rings. The van der Waals surface area contributed by atoms with Crippen molar-refractivity contribution in [2.24, 2.45) is 0 Å². The fourth-order valence-electron chi connectivity index (χ4n) is 9.07. The first-order chi connectivity index (χ1) is 30.4. The van der Waals surface area contributed by atoms with E-state index in [-0.39, 0.29) is 24.9 Å². The van der Waals surface area contributed by atoms with E-state index in [2.05, 4.69) is 86.2 Å². The van der Waals surface area contributed by atoms with Crippen molar-refractivity contribution in [3.8, 4) is 0 Å². The van der Waals surface area contributed by atoms with E-state index >= 15 is 0 Å². The molecule has 0 saturated heterocycles. The molecule has 2 amide bonds. The molecule has 0 saturated carbocycles. The van der Waals surface area contributed by atoms with Crippen molar-refractivity contribution < 1.29 is 14.2 Å². The molecule has 4 aliphatic heterocycles. The molecule has 0 spiro atoms. The van der Waals surface area contributed by atoms with Gasteiger partial charge in [0, 0.05) is 53.9 Å². The van der Waals surface area contributed by atoms with E-state index in [0.29, 0.717) is 19.0 Å². The third-order valence-corrected chi connectivity index (χ3v) is 14.8. The standard InChI is InChI=1S/C51H43Cl2N6O2S2/c1-58(2)42-20-12-8-16-36(42)54(32-50(60)56-38-18-10-14-22-44(38)62-46-28-26-34(52)30-40(46)56)48(58)24-6-5-7-25-49-55(37-17-9-13-21-43(37)59(49,3)4)33-51(61)57-39-19-11-15-23-45(39)63-47-29-27-35(53)31-41(47)57/h5-31H,32-33H2,1-4H3/q+3. The average molecular weight is 907 g/mol. The van der Waals surface area contributed by atoms with Crippen LogP contribution in [0.2, 0.25) is 10.0 Å². The summed E-state index contributed by atoms with van der Waals surface area (Å²) in [5.41, 5.74) is 7.41. The van der Waals surface area contributed by atoms with E-state index < -0.39 is 0 Å². The number of carbonyl (C=O) groups excluding carboxylic acids is 2. The van der Waals surface area contributed by atoms with Gasteiger partial charge in [0.2, 0.25) is 18.1 Å². The molecule has 10 rings (SSSR count). The van der Waals surface area contributed by atoms with Crippen LogP contribution in [-0.2, 0) is 9.59 Å². The van der Waals surface area contributed by atoms with E-state index in [1.165, 1.54) is 0 Å². The first-order valence-corrected chi connectivity index (χ1v) is 22.9. The van der Waals surface area contributed by atoms with Crippen molar-refractivity contribution in [2.45, 2.75) is 19.6 Å². The number of quaternary nitrogens is 2. The number of anilines is 5. The van der Waals surface area contributed by atoms with Crippen molar-refractivity contribution in [3.63, 3.8) is 0 Å². The maximum Gasteiger partial charge on any atom is 0.374 e. The predicted octanol–water partition coefficient (Wildman–Crippen LogP) is 12.3. The number of hydrogen-bond donors (Lipinski definition) is 0. The van der Waals surface area contributed by atoms with Gasteiger partial charge in [-0.2, -0.15) is 0 Å². The summed E-state index contributed by atoms with van der Waals surface area (Å²) in [6, 6.07) is 44.0. The number of amides is 2. The topological polar surface area (TPSA) is 46.9 Å². The Labute approximate surface area is 386 Å². The zero-order valence-electron chi connectivity index (χ0n) is 35.1. The van der Waals surface area contributed by atoms with Gasteiger partial charge in [0.1, 0.15) is 12.2 Å². The van der Waals surface area contributed by atoms with Gasteiger partial charge in [0.25, 0.3) is 17.5 Å². The highest BCUT2D eigenvalue weighted by atomic mass is 35.5. The Hall–Kier alpha value is -5.85. The van der Waals surface area contributed by atoms with Gasteiger partial charge in [0.05, 0.1) is 57.0 Å². The van der Waals surface area contributed by atoms with Crippen LogP contribution in [0.15, 0.2) is 189 Å². The van der Waals surface area contributed by atoms with Crippen molar-refractivity contribution in [3.05, 3.63) is 180 Å². The lowest BCUT2D eigenvalue weighted by atomic mass is 10.2. The fourth-order valence-corrected chi connectivity index (χ4v) is 11.5. The van der Waals surface area contributed by atoms with Gasteiger partial charge in [-0.3, -0.25) is 24.3 Å². The number of benzene rings is 6. The predicted molar refractivity (Wildman–Crippen MR) is 262 cm³/mol. The van der Waals surface area contributed by atoms with Crippen LogP contribution in [0.25, 0.3) is 0 Å². The minimum Gasteiger partial charge on any atom is -0.282 e. The highest BCUT2D eigenvalue weighted by Crippen LogP contribution is 2.51. The van der Waals surface area contributed by atoms with Crippen LogP contribution in [0, 0.1) is 0 Å². The molecular formula is C51H43Cl2N6O2S2+3. The van der Waals surface area contributed by atoms with Crippen LogP contribution in [0.5, 0.6) is 0 Å². The van der Waals surface area contributed by atoms with E-state index in [0.717, 1.165) is 76.7 Å². The normalized spacial score (nSPS) is 17.2. The van der Waals surface area contributed by atoms with Crippen molar-refractivity contribution in [1.29, 1.82) is 0 Å². The second-order valence-electron chi connectivity index (χ2n) is 16.5. The zero-order chi connectivity index (χ0) is 43.6. The second-order valence-corrected chi connectivity index (χ2v) is 19.5. The molecule has 0 aromatic heterocycles. The summed E-state index contributed by atoms with van der Waals surface area (Å²) in [5.74, 6) is 1.76. The summed E-state index contributed by atoms with van der Waals surface area (Å²) in [5, 5.41) is 1.16. The van der Waals surface area contributed by atoms with Crippen molar-refractivity contribution >= 4 is 110 Å². The maximum atomic E-state index is 14.7. The number of para-hydroxylation sites is 6. The molecular weight excluding hydrogens is 864 g/mol.